The highest BCUT2D eigenvalue weighted by Gasteiger charge is 2.34. The van der Waals surface area contributed by atoms with E-state index in [0.717, 1.165) is 30.1 Å². The Morgan fingerprint density at radius 2 is 1.45 bits per heavy atom. The van der Waals surface area contributed by atoms with E-state index in [1.165, 1.54) is 24.3 Å². The lowest BCUT2D eigenvalue weighted by Crippen LogP contribution is -2.08. The summed E-state index contributed by atoms with van der Waals surface area (Å²) in [6, 6.07) is 15.0. The molecule has 0 aliphatic rings. The van der Waals surface area contributed by atoms with Gasteiger partial charge in [-0.2, -0.15) is 26.3 Å². The maximum absolute atomic E-state index is 12.9. The van der Waals surface area contributed by atoms with Crippen LogP contribution in [0, 0.1) is 0 Å². The molecular weight excluding hydrogens is 442 g/mol. The molecular formula is C21H16F6N2OS. The van der Waals surface area contributed by atoms with Gasteiger partial charge < -0.3 is 15.1 Å². The predicted octanol–water partition coefficient (Wildman–Crippen LogP) is 7.16. The van der Waals surface area contributed by atoms with Gasteiger partial charge in [0.15, 0.2) is 0 Å². The number of phenols is 1. The van der Waals surface area contributed by atoms with Crippen molar-refractivity contribution in [1.82, 2.24) is 0 Å². The molecule has 0 aromatic heterocycles. The molecule has 0 spiro atoms. The molecule has 3 rings (SSSR count). The molecule has 3 N–H and O–H groups in total. The second kappa shape index (κ2) is 9.01. The molecule has 0 unspecified atom stereocenters. The molecule has 0 radical (unpaired) electrons. The Kier molecular flexibility index (Phi) is 6.59. The number of alkyl halides is 6. The first kappa shape index (κ1) is 22.7. The number of aromatic hydroxyl groups is 1. The summed E-state index contributed by atoms with van der Waals surface area (Å²) in [6.45, 7) is -0.0231. The minimum atomic E-state index is -4.65. The number of benzene rings is 3. The van der Waals surface area contributed by atoms with Crippen LogP contribution in [0.25, 0.3) is 0 Å². The van der Waals surface area contributed by atoms with Gasteiger partial charge in [0.05, 0.1) is 11.1 Å². The normalized spacial score (nSPS) is 11.9. The van der Waals surface area contributed by atoms with Gasteiger partial charge in [0.1, 0.15) is 5.75 Å². The van der Waals surface area contributed by atoms with Crippen molar-refractivity contribution >= 4 is 23.3 Å². The van der Waals surface area contributed by atoms with E-state index in [4.69, 9.17) is 0 Å². The zero-order valence-electron chi connectivity index (χ0n) is 15.7. The van der Waals surface area contributed by atoms with Crippen molar-refractivity contribution in [2.75, 3.05) is 10.0 Å². The van der Waals surface area contributed by atoms with Crippen molar-refractivity contribution < 1.29 is 31.4 Å². The van der Waals surface area contributed by atoms with Crippen molar-refractivity contribution in [3.8, 4) is 5.75 Å². The Morgan fingerprint density at radius 3 is 2.10 bits per heavy atom. The highest BCUT2D eigenvalue weighted by atomic mass is 32.2. The van der Waals surface area contributed by atoms with E-state index in [-0.39, 0.29) is 12.1 Å². The molecule has 10 heteroatoms. The molecule has 0 bridgehead atoms. The van der Waals surface area contributed by atoms with Crippen LogP contribution in [0.5, 0.6) is 5.75 Å². The molecule has 0 aliphatic carbocycles. The van der Waals surface area contributed by atoms with Crippen LogP contribution >= 0.6 is 11.9 Å². The van der Waals surface area contributed by atoms with Crippen LogP contribution in [0.3, 0.4) is 0 Å². The number of anilines is 2. The molecule has 3 aromatic carbocycles. The topological polar surface area (TPSA) is 44.3 Å². The average Bonchev–Trinajstić information content (AvgIpc) is 2.71. The van der Waals surface area contributed by atoms with E-state index in [1.54, 1.807) is 24.3 Å². The van der Waals surface area contributed by atoms with Gasteiger partial charge in [-0.15, -0.1) is 0 Å². The summed E-state index contributed by atoms with van der Waals surface area (Å²) < 4.78 is 79.7. The number of hydrogen-bond donors (Lipinski definition) is 3. The van der Waals surface area contributed by atoms with Crippen molar-refractivity contribution in [2.45, 2.75) is 23.8 Å². The quantitative estimate of drug-likeness (QED) is 0.271. The van der Waals surface area contributed by atoms with Crippen LogP contribution in [0.15, 0.2) is 71.6 Å². The van der Waals surface area contributed by atoms with Crippen molar-refractivity contribution in [3.05, 3.63) is 83.4 Å². The molecule has 0 saturated carbocycles. The van der Waals surface area contributed by atoms with Crippen LogP contribution in [0.4, 0.5) is 37.7 Å². The van der Waals surface area contributed by atoms with E-state index in [9.17, 15) is 31.4 Å². The third-order valence-corrected chi connectivity index (χ3v) is 5.08. The van der Waals surface area contributed by atoms with E-state index < -0.39 is 29.2 Å². The summed E-state index contributed by atoms with van der Waals surface area (Å²) in [6.07, 6.45) is -9.07. The smallest absolute Gasteiger partial charge is 0.419 e. The molecule has 3 aromatic rings. The van der Waals surface area contributed by atoms with Gasteiger partial charge in [-0.25, -0.2) is 0 Å². The van der Waals surface area contributed by atoms with E-state index in [2.05, 4.69) is 10.0 Å². The Labute approximate surface area is 178 Å². The summed E-state index contributed by atoms with van der Waals surface area (Å²) in [5.74, 6) is -0.819. The second-order valence-electron chi connectivity index (χ2n) is 6.47. The lowest BCUT2D eigenvalue weighted by molar-refractivity contribution is -0.139. The van der Waals surface area contributed by atoms with Crippen molar-refractivity contribution in [2.24, 2.45) is 0 Å². The lowest BCUT2D eigenvalue weighted by Gasteiger charge is -2.14. The van der Waals surface area contributed by atoms with Crippen LogP contribution in [0.1, 0.15) is 16.7 Å². The van der Waals surface area contributed by atoms with Gasteiger partial charge in [0, 0.05) is 28.4 Å². The van der Waals surface area contributed by atoms with E-state index in [0.29, 0.717) is 16.3 Å². The zero-order chi connectivity index (χ0) is 22.6. The molecule has 0 atom stereocenters. The summed E-state index contributed by atoms with van der Waals surface area (Å²) in [4.78, 5) is 0.713. The fraction of sp³-hybridized carbons (Fsp3) is 0.143. The van der Waals surface area contributed by atoms with Crippen LogP contribution in [-0.2, 0) is 18.9 Å². The Bertz CT molecular complexity index is 1040. The summed E-state index contributed by atoms with van der Waals surface area (Å²) >= 11 is 1.11. The molecule has 0 saturated heterocycles. The fourth-order valence-electron chi connectivity index (χ4n) is 2.68. The van der Waals surface area contributed by atoms with E-state index in [1.807, 2.05) is 0 Å². The number of para-hydroxylation sites is 1. The monoisotopic (exact) mass is 458 g/mol. The summed E-state index contributed by atoms with van der Waals surface area (Å²) in [5.41, 5.74) is -0.864. The lowest BCUT2D eigenvalue weighted by atomic mass is 10.1. The van der Waals surface area contributed by atoms with Crippen molar-refractivity contribution in [1.29, 1.82) is 0 Å². The van der Waals surface area contributed by atoms with E-state index >= 15 is 0 Å². The first-order chi connectivity index (χ1) is 14.5. The van der Waals surface area contributed by atoms with Crippen LogP contribution in [0.2, 0.25) is 0 Å². The van der Waals surface area contributed by atoms with Crippen molar-refractivity contribution in [3.63, 3.8) is 0 Å². The Hall–Kier alpha value is -3.01. The van der Waals surface area contributed by atoms with Gasteiger partial charge in [0.25, 0.3) is 0 Å². The largest absolute Gasteiger partial charge is 0.507 e. The average molecular weight is 458 g/mol. The standard InChI is InChI=1S/C21H16F6N2OS/c22-20(23,24)14-4-2-5-16(11-14)29-31-17-9-7-15(8-10-17)28-12-13-3-1-6-18(19(13)30)21(25,26)27/h1-11,28-30H,12H2. The molecule has 0 aliphatic heterocycles. The molecule has 0 heterocycles. The first-order valence-electron chi connectivity index (χ1n) is 8.86. The fourth-order valence-corrected chi connectivity index (χ4v) is 3.31. The number of hydrogen-bond acceptors (Lipinski definition) is 4. The van der Waals surface area contributed by atoms with Gasteiger partial charge >= 0.3 is 12.4 Å². The van der Waals surface area contributed by atoms with Gasteiger partial charge in [-0.1, -0.05) is 18.2 Å². The molecule has 31 heavy (non-hydrogen) atoms. The third-order valence-electron chi connectivity index (χ3n) is 4.24. The maximum Gasteiger partial charge on any atom is 0.419 e. The number of phenolic OH excluding ortho intramolecular Hbond substituents is 1. The van der Waals surface area contributed by atoms with Gasteiger partial charge in [-0.05, 0) is 60.5 Å². The third kappa shape index (κ3) is 6.00. The number of halogens is 6. The van der Waals surface area contributed by atoms with Gasteiger partial charge in [-0.3, -0.25) is 0 Å². The zero-order valence-corrected chi connectivity index (χ0v) is 16.5. The van der Waals surface area contributed by atoms with Crippen LogP contribution < -0.4 is 10.0 Å². The molecule has 164 valence electrons. The Balaban J connectivity index is 1.59. The predicted molar refractivity (Wildman–Crippen MR) is 108 cm³/mol. The highest BCUT2D eigenvalue weighted by molar-refractivity contribution is 8.00. The Morgan fingerprint density at radius 1 is 0.774 bits per heavy atom. The molecule has 0 amide bonds. The molecule has 3 nitrogen and oxygen atoms in total. The summed E-state index contributed by atoms with van der Waals surface area (Å²) in [5, 5.41) is 12.8. The van der Waals surface area contributed by atoms with Crippen LogP contribution in [-0.4, -0.2) is 5.11 Å². The highest BCUT2D eigenvalue weighted by Crippen LogP contribution is 2.37. The first-order valence-corrected chi connectivity index (χ1v) is 9.68. The number of rotatable bonds is 6. The SMILES string of the molecule is Oc1c(CNc2ccc(SNc3cccc(C(F)(F)F)c3)cc2)cccc1C(F)(F)F. The van der Waals surface area contributed by atoms with Gasteiger partial charge in [0.2, 0.25) is 0 Å². The number of nitrogens with one attached hydrogen (secondary N) is 2. The summed E-state index contributed by atoms with van der Waals surface area (Å²) in [7, 11) is 0. The second-order valence-corrected chi connectivity index (χ2v) is 7.35. The minimum Gasteiger partial charge on any atom is -0.507 e. The molecule has 0 fully saturated rings. The maximum atomic E-state index is 12.9. The minimum absolute atomic E-state index is 0.0231.